The molecule has 2 aliphatic rings. The van der Waals surface area contributed by atoms with E-state index in [1.165, 1.54) is 45.1 Å². The number of hydrogen-bond donors (Lipinski definition) is 1. The molecular weight excluding hydrogens is 272 g/mol. The number of ether oxygens (including phenoxy) is 1. The summed E-state index contributed by atoms with van der Waals surface area (Å²) in [6, 6.07) is 1.36. The lowest BCUT2D eigenvalue weighted by Gasteiger charge is -2.31. The fourth-order valence-corrected chi connectivity index (χ4v) is 4.14. The first-order valence-corrected chi connectivity index (χ1v) is 8.48. The van der Waals surface area contributed by atoms with Crippen LogP contribution in [0.3, 0.4) is 0 Å². The number of hydrogen-bond acceptors (Lipinski definition) is 6. The van der Waals surface area contributed by atoms with Crippen LogP contribution in [-0.4, -0.2) is 47.4 Å². The normalized spacial score (nSPS) is 25.1. The Labute approximate surface area is 124 Å². The molecule has 3 rings (SSSR count). The third-order valence-corrected chi connectivity index (χ3v) is 5.20. The number of likely N-dealkylation sites (tertiary alicyclic amines) is 1. The van der Waals surface area contributed by atoms with Crippen molar-refractivity contribution in [2.24, 2.45) is 0 Å². The second kappa shape index (κ2) is 6.83. The van der Waals surface area contributed by atoms with Crippen molar-refractivity contribution in [3.8, 4) is 0 Å². The third-order valence-electron chi connectivity index (χ3n) is 4.37. The Bertz CT molecular complexity index is 419. The van der Waals surface area contributed by atoms with Crippen LogP contribution in [0, 0.1) is 0 Å². The van der Waals surface area contributed by atoms with Gasteiger partial charge in [-0.3, -0.25) is 4.90 Å². The molecule has 2 fully saturated rings. The molecule has 20 heavy (non-hydrogen) atoms. The highest BCUT2D eigenvalue weighted by Gasteiger charge is 2.29. The summed E-state index contributed by atoms with van der Waals surface area (Å²) in [7, 11) is 1.69. The van der Waals surface area contributed by atoms with E-state index in [9.17, 15) is 0 Å². The molecule has 0 radical (unpaired) electrons. The van der Waals surface area contributed by atoms with Crippen LogP contribution in [0.2, 0.25) is 0 Å². The van der Waals surface area contributed by atoms with E-state index in [4.69, 9.17) is 4.74 Å². The average Bonchev–Trinajstić information content (AvgIpc) is 3.11. The molecule has 112 valence electrons. The van der Waals surface area contributed by atoms with Crippen LogP contribution < -0.4 is 5.32 Å². The van der Waals surface area contributed by atoms with Crippen molar-refractivity contribution in [3.63, 3.8) is 0 Å². The van der Waals surface area contributed by atoms with E-state index in [0.717, 1.165) is 22.7 Å². The zero-order valence-electron chi connectivity index (χ0n) is 12.2. The first kappa shape index (κ1) is 14.2. The highest BCUT2D eigenvalue weighted by atomic mass is 32.1. The van der Waals surface area contributed by atoms with Gasteiger partial charge >= 0.3 is 0 Å². The standard InChI is InChI=1S/C14H24N4OS/c1-19-10-13-16-17-14(20-13)15-11-7-8-18(9-11)12-5-3-2-4-6-12/h11-12H,2-10H2,1H3,(H,15,17). The zero-order chi connectivity index (χ0) is 13.8. The smallest absolute Gasteiger partial charge is 0.206 e. The van der Waals surface area contributed by atoms with Crippen LogP contribution in [0.4, 0.5) is 5.13 Å². The lowest BCUT2D eigenvalue weighted by Crippen LogP contribution is -2.36. The highest BCUT2D eigenvalue weighted by molar-refractivity contribution is 7.15. The zero-order valence-corrected chi connectivity index (χ0v) is 13.0. The van der Waals surface area contributed by atoms with Crippen molar-refractivity contribution in [2.75, 3.05) is 25.5 Å². The first-order valence-electron chi connectivity index (χ1n) is 7.67. The Hall–Kier alpha value is -0.720. The van der Waals surface area contributed by atoms with Gasteiger partial charge in [0.1, 0.15) is 11.6 Å². The summed E-state index contributed by atoms with van der Waals surface area (Å²) in [6.07, 6.45) is 8.26. The summed E-state index contributed by atoms with van der Waals surface area (Å²) in [5.74, 6) is 0. The summed E-state index contributed by atoms with van der Waals surface area (Å²) in [5.41, 5.74) is 0. The maximum absolute atomic E-state index is 5.08. The lowest BCUT2D eigenvalue weighted by atomic mass is 9.94. The average molecular weight is 296 g/mol. The van der Waals surface area contributed by atoms with Gasteiger partial charge in [-0.05, 0) is 19.3 Å². The number of methoxy groups -OCH3 is 1. The number of aromatic nitrogens is 2. The van der Waals surface area contributed by atoms with Crippen LogP contribution in [0.1, 0.15) is 43.5 Å². The summed E-state index contributed by atoms with van der Waals surface area (Å²) < 4.78 is 5.08. The largest absolute Gasteiger partial charge is 0.377 e. The fourth-order valence-electron chi connectivity index (χ4n) is 3.35. The monoisotopic (exact) mass is 296 g/mol. The molecule has 1 saturated carbocycles. The SMILES string of the molecule is COCc1nnc(NC2CCN(C3CCCCC3)C2)s1. The Morgan fingerprint density at radius 1 is 1.25 bits per heavy atom. The van der Waals surface area contributed by atoms with E-state index in [1.54, 1.807) is 18.4 Å². The van der Waals surface area contributed by atoms with Crippen LogP contribution in [0.5, 0.6) is 0 Å². The molecule has 1 N–H and O–H groups in total. The number of nitrogens with zero attached hydrogens (tertiary/aromatic N) is 3. The minimum Gasteiger partial charge on any atom is -0.377 e. The van der Waals surface area contributed by atoms with Crippen molar-refractivity contribution in [1.29, 1.82) is 0 Å². The lowest BCUT2D eigenvalue weighted by molar-refractivity contribution is 0.184. The predicted octanol–water partition coefficient (Wildman–Crippen LogP) is 2.50. The van der Waals surface area contributed by atoms with E-state index < -0.39 is 0 Å². The number of anilines is 1. The molecule has 0 bridgehead atoms. The molecule has 1 aliphatic heterocycles. The quantitative estimate of drug-likeness (QED) is 0.905. The third kappa shape index (κ3) is 3.48. The summed E-state index contributed by atoms with van der Waals surface area (Å²) in [4.78, 5) is 2.67. The Morgan fingerprint density at radius 3 is 2.90 bits per heavy atom. The van der Waals surface area contributed by atoms with Gasteiger partial charge in [0.2, 0.25) is 5.13 Å². The van der Waals surface area contributed by atoms with Gasteiger partial charge in [0, 0.05) is 32.3 Å². The highest BCUT2D eigenvalue weighted by Crippen LogP contribution is 2.27. The molecule has 1 aromatic rings. The van der Waals surface area contributed by atoms with Gasteiger partial charge in [-0.1, -0.05) is 30.6 Å². The van der Waals surface area contributed by atoms with Crippen molar-refractivity contribution in [1.82, 2.24) is 15.1 Å². The molecule has 1 unspecified atom stereocenters. The summed E-state index contributed by atoms with van der Waals surface area (Å²) >= 11 is 1.60. The molecule has 1 aromatic heterocycles. The van der Waals surface area contributed by atoms with Gasteiger partial charge in [0.15, 0.2) is 0 Å². The second-order valence-electron chi connectivity index (χ2n) is 5.85. The molecular formula is C14H24N4OS. The van der Waals surface area contributed by atoms with Crippen molar-refractivity contribution < 1.29 is 4.74 Å². The number of rotatable bonds is 5. The topological polar surface area (TPSA) is 50.3 Å². The van der Waals surface area contributed by atoms with Crippen LogP contribution in [-0.2, 0) is 11.3 Å². The molecule has 0 aromatic carbocycles. The molecule has 5 nitrogen and oxygen atoms in total. The molecule has 6 heteroatoms. The Balaban J connectivity index is 1.49. The van der Waals surface area contributed by atoms with Gasteiger partial charge in [0.25, 0.3) is 0 Å². The summed E-state index contributed by atoms with van der Waals surface area (Å²) in [6.45, 7) is 2.94. The van der Waals surface area contributed by atoms with E-state index in [1.807, 2.05) is 0 Å². The van der Waals surface area contributed by atoms with Crippen LogP contribution >= 0.6 is 11.3 Å². The van der Waals surface area contributed by atoms with Crippen LogP contribution in [0.25, 0.3) is 0 Å². The maximum atomic E-state index is 5.08. The van der Waals surface area contributed by atoms with E-state index in [0.29, 0.717) is 12.6 Å². The first-order chi connectivity index (χ1) is 9.85. The van der Waals surface area contributed by atoms with Gasteiger partial charge in [-0.15, -0.1) is 10.2 Å². The molecule has 0 spiro atoms. The predicted molar refractivity (Wildman–Crippen MR) is 81.1 cm³/mol. The Kier molecular flexibility index (Phi) is 4.86. The summed E-state index contributed by atoms with van der Waals surface area (Å²) in [5, 5.41) is 13.7. The van der Waals surface area contributed by atoms with E-state index in [2.05, 4.69) is 20.4 Å². The molecule has 0 amide bonds. The van der Waals surface area contributed by atoms with Crippen molar-refractivity contribution >= 4 is 16.5 Å². The molecule has 1 atom stereocenters. The van der Waals surface area contributed by atoms with Gasteiger partial charge < -0.3 is 10.1 Å². The molecule has 1 aliphatic carbocycles. The maximum Gasteiger partial charge on any atom is 0.206 e. The minimum atomic E-state index is 0.528. The molecule has 1 saturated heterocycles. The molecule has 2 heterocycles. The second-order valence-corrected chi connectivity index (χ2v) is 6.91. The fraction of sp³-hybridized carbons (Fsp3) is 0.857. The van der Waals surface area contributed by atoms with Gasteiger partial charge in [0.05, 0.1) is 0 Å². The Morgan fingerprint density at radius 2 is 2.10 bits per heavy atom. The van der Waals surface area contributed by atoms with Crippen LogP contribution in [0.15, 0.2) is 0 Å². The number of nitrogens with one attached hydrogen (secondary N) is 1. The van der Waals surface area contributed by atoms with Gasteiger partial charge in [-0.25, -0.2) is 0 Å². The van der Waals surface area contributed by atoms with Crippen molar-refractivity contribution in [2.45, 2.75) is 57.2 Å². The van der Waals surface area contributed by atoms with Crippen molar-refractivity contribution in [3.05, 3.63) is 5.01 Å². The minimum absolute atomic E-state index is 0.528. The van der Waals surface area contributed by atoms with Gasteiger partial charge in [-0.2, -0.15) is 0 Å². The van der Waals surface area contributed by atoms with E-state index in [-0.39, 0.29) is 0 Å². The van der Waals surface area contributed by atoms with E-state index >= 15 is 0 Å².